The summed E-state index contributed by atoms with van der Waals surface area (Å²) in [7, 11) is 0. The van der Waals surface area contributed by atoms with Crippen LogP contribution in [0.3, 0.4) is 0 Å². The Bertz CT molecular complexity index is 566. The Balaban J connectivity index is 1.74. The Labute approximate surface area is 127 Å². The first kappa shape index (κ1) is 15.1. The number of nitrogens with one attached hydrogen (secondary N) is 1. The Kier molecular flexibility index (Phi) is 3.92. The first-order valence-corrected chi connectivity index (χ1v) is 9.90. The summed E-state index contributed by atoms with van der Waals surface area (Å²) in [6.45, 7) is 2.73. The van der Waals surface area contributed by atoms with Crippen molar-refractivity contribution in [2.75, 3.05) is 12.9 Å². The third-order valence-electron chi connectivity index (χ3n) is 3.64. The lowest BCUT2D eigenvalue weighted by molar-refractivity contribution is -0.118. The molecule has 4 atom stereocenters. The second-order valence-electron chi connectivity index (χ2n) is 5.05. The van der Waals surface area contributed by atoms with E-state index in [0.29, 0.717) is 17.8 Å². The summed E-state index contributed by atoms with van der Waals surface area (Å²) in [5.74, 6) is 0.293. The molecule has 3 aliphatic rings. The highest BCUT2D eigenvalue weighted by Crippen LogP contribution is 2.63. The lowest BCUT2D eigenvalue weighted by Crippen LogP contribution is -2.42. The molecule has 3 heterocycles. The van der Waals surface area contributed by atoms with Crippen molar-refractivity contribution in [3.8, 4) is 0 Å². The summed E-state index contributed by atoms with van der Waals surface area (Å²) >= 11 is 1.09. The molecule has 3 rings (SSSR count). The van der Waals surface area contributed by atoms with Gasteiger partial charge < -0.3 is 15.0 Å². The molecule has 2 saturated heterocycles. The summed E-state index contributed by atoms with van der Waals surface area (Å²) in [4.78, 5) is 13.3. The molecule has 0 spiro atoms. The van der Waals surface area contributed by atoms with E-state index in [4.69, 9.17) is 13.8 Å². The van der Waals surface area contributed by atoms with Crippen molar-refractivity contribution >= 4 is 24.1 Å². The predicted octanol–water partition coefficient (Wildman–Crippen LogP) is 1.79. The number of hydrogen-bond donors (Lipinski definition) is 1. The van der Waals surface area contributed by atoms with Gasteiger partial charge in [0, 0.05) is 18.2 Å². The normalized spacial score (nSPS) is 39.8. The minimum atomic E-state index is -3.06. The SMILES string of the molecule is C=C1NC(=O)C(C)=CN1[C@H]1CC2OP(=O)(SC)OC[C@H]2O1. The fourth-order valence-electron chi connectivity index (χ4n) is 2.49. The van der Waals surface area contributed by atoms with E-state index in [1.807, 2.05) is 0 Å². The van der Waals surface area contributed by atoms with Crippen LogP contribution in [0, 0.1) is 0 Å². The number of hydrogen-bond acceptors (Lipinski definition) is 7. The Morgan fingerprint density at radius 3 is 3.00 bits per heavy atom. The van der Waals surface area contributed by atoms with Gasteiger partial charge in [-0.2, -0.15) is 0 Å². The number of rotatable bonds is 2. The lowest BCUT2D eigenvalue weighted by Gasteiger charge is -2.32. The van der Waals surface area contributed by atoms with Gasteiger partial charge in [0.1, 0.15) is 24.3 Å². The second-order valence-corrected chi connectivity index (χ2v) is 9.22. The molecule has 2 unspecified atom stereocenters. The highest BCUT2D eigenvalue weighted by atomic mass is 32.7. The Hall–Kier alpha value is -0.790. The van der Waals surface area contributed by atoms with Gasteiger partial charge in [0.25, 0.3) is 5.91 Å². The zero-order chi connectivity index (χ0) is 15.2. The van der Waals surface area contributed by atoms with E-state index in [9.17, 15) is 9.36 Å². The molecule has 21 heavy (non-hydrogen) atoms. The average Bonchev–Trinajstić information content (AvgIpc) is 2.85. The zero-order valence-electron chi connectivity index (χ0n) is 11.8. The highest BCUT2D eigenvalue weighted by Gasteiger charge is 2.47. The maximum atomic E-state index is 12.1. The lowest BCUT2D eigenvalue weighted by atomic mass is 10.1. The van der Waals surface area contributed by atoms with Gasteiger partial charge in [-0.1, -0.05) is 6.58 Å². The molecule has 0 aliphatic carbocycles. The van der Waals surface area contributed by atoms with E-state index in [1.54, 1.807) is 24.3 Å². The molecule has 0 aromatic rings. The summed E-state index contributed by atoms with van der Waals surface area (Å²) < 4.78 is 28.9. The Morgan fingerprint density at radius 2 is 2.29 bits per heavy atom. The van der Waals surface area contributed by atoms with Crippen LogP contribution in [0.4, 0.5) is 0 Å². The van der Waals surface area contributed by atoms with Crippen molar-refractivity contribution in [1.29, 1.82) is 0 Å². The van der Waals surface area contributed by atoms with E-state index in [0.717, 1.165) is 11.4 Å². The van der Waals surface area contributed by atoms with Gasteiger partial charge in [-0.15, -0.1) is 0 Å². The fraction of sp³-hybridized carbons (Fsp3) is 0.583. The third kappa shape index (κ3) is 2.78. The molecule has 0 saturated carbocycles. The van der Waals surface area contributed by atoms with Crippen molar-refractivity contribution in [2.24, 2.45) is 0 Å². The molecular weight excluding hydrogens is 315 g/mol. The maximum Gasteiger partial charge on any atom is 0.389 e. The van der Waals surface area contributed by atoms with Gasteiger partial charge in [0.05, 0.1) is 6.61 Å². The molecule has 0 bridgehead atoms. The molecule has 1 N–H and O–H groups in total. The molecule has 7 nitrogen and oxygen atoms in total. The summed E-state index contributed by atoms with van der Waals surface area (Å²) in [5, 5.41) is 2.68. The monoisotopic (exact) mass is 332 g/mol. The zero-order valence-corrected chi connectivity index (χ0v) is 13.5. The van der Waals surface area contributed by atoms with Crippen molar-refractivity contribution in [1.82, 2.24) is 10.2 Å². The van der Waals surface area contributed by atoms with Crippen LogP contribution in [0.15, 0.2) is 24.2 Å². The van der Waals surface area contributed by atoms with Crippen molar-refractivity contribution < 1.29 is 23.1 Å². The molecular formula is C12H17N2O5PS. The minimum Gasteiger partial charge on any atom is -0.349 e. The Morgan fingerprint density at radius 1 is 1.52 bits per heavy atom. The summed E-state index contributed by atoms with van der Waals surface area (Å²) in [6.07, 6.45) is 3.09. The van der Waals surface area contributed by atoms with Gasteiger partial charge >= 0.3 is 6.80 Å². The maximum absolute atomic E-state index is 12.1. The van der Waals surface area contributed by atoms with E-state index in [-0.39, 0.29) is 30.9 Å². The number of carbonyl (C=O) groups is 1. The van der Waals surface area contributed by atoms with Crippen molar-refractivity contribution in [3.63, 3.8) is 0 Å². The van der Waals surface area contributed by atoms with Crippen LogP contribution in [0.5, 0.6) is 0 Å². The molecule has 2 fully saturated rings. The first-order valence-electron chi connectivity index (χ1n) is 6.53. The highest BCUT2D eigenvalue weighted by molar-refractivity contribution is 8.54. The van der Waals surface area contributed by atoms with Crippen LogP contribution in [0.25, 0.3) is 0 Å². The number of ether oxygens (including phenoxy) is 1. The first-order chi connectivity index (χ1) is 9.92. The van der Waals surface area contributed by atoms with E-state index >= 15 is 0 Å². The van der Waals surface area contributed by atoms with Crippen LogP contribution in [-0.2, 0) is 23.1 Å². The van der Waals surface area contributed by atoms with E-state index in [2.05, 4.69) is 11.9 Å². The average molecular weight is 332 g/mol. The van der Waals surface area contributed by atoms with Gasteiger partial charge in [0.2, 0.25) is 0 Å². The van der Waals surface area contributed by atoms with E-state index in [1.165, 1.54) is 0 Å². The molecule has 0 aromatic heterocycles. The van der Waals surface area contributed by atoms with Gasteiger partial charge in [-0.25, -0.2) is 4.57 Å². The number of fused-ring (bicyclic) bond motifs is 1. The van der Waals surface area contributed by atoms with Crippen LogP contribution in [0.2, 0.25) is 0 Å². The quantitative estimate of drug-likeness (QED) is 0.773. The standard InChI is InChI=1S/C12H17N2O5PS/c1-7-5-14(8(2)13-12(7)15)11-4-9-10(18-11)6-17-20(16,19-9)21-3/h5,9-11H,2,4,6H2,1,3H3,(H,13,15)/t9?,10-,11-,20?/m1/s1. The molecule has 9 heteroatoms. The van der Waals surface area contributed by atoms with Gasteiger partial charge in [-0.3, -0.25) is 13.8 Å². The van der Waals surface area contributed by atoms with Crippen LogP contribution in [-0.4, -0.2) is 42.1 Å². The van der Waals surface area contributed by atoms with Crippen molar-refractivity contribution in [3.05, 3.63) is 24.2 Å². The van der Waals surface area contributed by atoms with Crippen LogP contribution < -0.4 is 5.32 Å². The van der Waals surface area contributed by atoms with Gasteiger partial charge in [0.15, 0.2) is 0 Å². The topological polar surface area (TPSA) is 77.1 Å². The second kappa shape index (κ2) is 5.44. The molecule has 3 aliphatic heterocycles. The minimum absolute atomic E-state index is 0.168. The fourth-order valence-corrected chi connectivity index (χ4v) is 4.71. The van der Waals surface area contributed by atoms with Crippen molar-refractivity contribution in [2.45, 2.75) is 31.8 Å². The third-order valence-corrected chi connectivity index (χ3v) is 6.99. The smallest absolute Gasteiger partial charge is 0.349 e. The predicted molar refractivity (Wildman–Crippen MR) is 78.1 cm³/mol. The molecule has 116 valence electrons. The van der Waals surface area contributed by atoms with E-state index < -0.39 is 6.80 Å². The number of nitrogens with zero attached hydrogens (tertiary/aromatic N) is 1. The van der Waals surface area contributed by atoms with Crippen LogP contribution in [0.1, 0.15) is 13.3 Å². The molecule has 1 amide bonds. The number of amides is 1. The summed E-state index contributed by atoms with van der Waals surface area (Å²) in [6, 6.07) is 0. The summed E-state index contributed by atoms with van der Waals surface area (Å²) in [5.41, 5.74) is 0.577. The van der Waals surface area contributed by atoms with Gasteiger partial charge in [-0.05, 0) is 24.6 Å². The molecule has 0 aromatic carbocycles. The largest absolute Gasteiger partial charge is 0.389 e. The molecule has 0 radical (unpaired) electrons. The number of carbonyl (C=O) groups excluding carboxylic acids is 1. The van der Waals surface area contributed by atoms with Crippen LogP contribution >= 0.6 is 18.2 Å².